The average Bonchev–Trinajstić information content (AvgIpc) is 2.94. The molecule has 5 heteroatoms. The van der Waals surface area contributed by atoms with Gasteiger partial charge < -0.3 is 10.3 Å². The van der Waals surface area contributed by atoms with Gasteiger partial charge in [-0.15, -0.1) is 11.3 Å². The molecule has 0 spiro atoms. The van der Waals surface area contributed by atoms with Gasteiger partial charge in [0, 0.05) is 11.1 Å². The van der Waals surface area contributed by atoms with Gasteiger partial charge in [0.2, 0.25) is 0 Å². The maximum Gasteiger partial charge on any atom is 0.261 e. The number of hydrogen-bond acceptors (Lipinski definition) is 3. The Kier molecular flexibility index (Phi) is 3.58. The molecule has 0 saturated heterocycles. The number of carbonyl (C=O) groups is 1. The minimum absolute atomic E-state index is 0.0209. The molecule has 0 aliphatic heterocycles. The average molecular weight is 249 g/mol. The van der Waals surface area contributed by atoms with E-state index >= 15 is 0 Å². The van der Waals surface area contributed by atoms with E-state index in [1.54, 1.807) is 23.9 Å². The summed E-state index contributed by atoms with van der Waals surface area (Å²) in [6.07, 6.45) is 4.29. The van der Waals surface area contributed by atoms with E-state index in [1.165, 1.54) is 10.4 Å². The van der Waals surface area contributed by atoms with Crippen LogP contribution in [0.15, 0.2) is 18.6 Å². The summed E-state index contributed by atoms with van der Waals surface area (Å²) in [5, 5.41) is 2.87. The van der Waals surface area contributed by atoms with E-state index in [1.807, 2.05) is 13.0 Å². The van der Waals surface area contributed by atoms with Crippen LogP contribution in [0.3, 0.4) is 0 Å². The van der Waals surface area contributed by atoms with Gasteiger partial charge in [0.25, 0.3) is 5.91 Å². The fourth-order valence-electron chi connectivity index (χ4n) is 1.63. The summed E-state index contributed by atoms with van der Waals surface area (Å²) < 4.78 is 0. The molecule has 17 heavy (non-hydrogen) atoms. The Morgan fingerprint density at radius 1 is 1.59 bits per heavy atom. The maximum atomic E-state index is 11.9. The molecule has 0 bridgehead atoms. The monoisotopic (exact) mass is 249 g/mol. The number of nitrogens with zero attached hydrogens (tertiary/aromatic N) is 1. The van der Waals surface area contributed by atoms with Crippen LogP contribution >= 0.6 is 11.3 Å². The number of H-pyrrole nitrogens is 1. The number of aromatic nitrogens is 2. The molecule has 0 fully saturated rings. The number of aromatic amines is 1. The lowest BCUT2D eigenvalue weighted by Crippen LogP contribution is -2.21. The molecule has 90 valence electrons. The van der Waals surface area contributed by atoms with Gasteiger partial charge in [-0.05, 0) is 25.0 Å². The number of rotatable bonds is 4. The van der Waals surface area contributed by atoms with Crippen molar-refractivity contribution < 1.29 is 4.79 Å². The predicted molar refractivity (Wildman–Crippen MR) is 68.2 cm³/mol. The number of nitrogens with one attached hydrogen (secondary N) is 2. The summed E-state index contributed by atoms with van der Waals surface area (Å²) in [6.45, 7) is 4.63. The number of aryl methyl sites for hydroxylation is 2. The third-order valence-corrected chi connectivity index (χ3v) is 3.94. The standard InChI is InChI=1S/C12H15N3OS/c1-3-10-8(2)4-11(17-10)12(16)14-6-9-5-13-7-15-9/h4-5,7H,3,6H2,1-2H3,(H,13,15)(H,14,16). The Labute approximate surface area is 104 Å². The molecule has 0 aliphatic carbocycles. The highest BCUT2D eigenvalue weighted by atomic mass is 32.1. The van der Waals surface area contributed by atoms with Crippen molar-refractivity contribution in [2.75, 3.05) is 0 Å². The van der Waals surface area contributed by atoms with Crippen molar-refractivity contribution in [3.63, 3.8) is 0 Å². The van der Waals surface area contributed by atoms with E-state index in [0.29, 0.717) is 6.54 Å². The topological polar surface area (TPSA) is 57.8 Å². The van der Waals surface area contributed by atoms with Crippen molar-refractivity contribution in [3.05, 3.63) is 39.6 Å². The van der Waals surface area contributed by atoms with Crippen LogP contribution in [0, 0.1) is 6.92 Å². The Hall–Kier alpha value is -1.62. The Balaban J connectivity index is 1.99. The third kappa shape index (κ3) is 2.74. The lowest BCUT2D eigenvalue weighted by molar-refractivity contribution is 0.0954. The van der Waals surface area contributed by atoms with Crippen molar-refractivity contribution >= 4 is 17.2 Å². The Morgan fingerprint density at radius 3 is 3.00 bits per heavy atom. The Morgan fingerprint density at radius 2 is 2.41 bits per heavy atom. The molecule has 1 amide bonds. The minimum Gasteiger partial charge on any atom is -0.347 e. The van der Waals surface area contributed by atoms with Gasteiger partial charge in [0.1, 0.15) is 0 Å². The van der Waals surface area contributed by atoms with Crippen molar-refractivity contribution in [1.29, 1.82) is 0 Å². The molecule has 0 unspecified atom stereocenters. The summed E-state index contributed by atoms with van der Waals surface area (Å²) in [5.41, 5.74) is 2.10. The molecule has 0 atom stereocenters. The van der Waals surface area contributed by atoms with Crippen LogP contribution in [0.5, 0.6) is 0 Å². The summed E-state index contributed by atoms with van der Waals surface area (Å²) in [6, 6.07) is 1.95. The van der Waals surface area contributed by atoms with Crippen LogP contribution in [-0.4, -0.2) is 15.9 Å². The van der Waals surface area contributed by atoms with Gasteiger partial charge in [-0.1, -0.05) is 6.92 Å². The normalized spacial score (nSPS) is 10.5. The highest BCUT2D eigenvalue weighted by molar-refractivity contribution is 7.14. The summed E-state index contributed by atoms with van der Waals surface area (Å²) in [7, 11) is 0. The summed E-state index contributed by atoms with van der Waals surface area (Å²) in [4.78, 5) is 20.8. The van der Waals surface area contributed by atoms with Crippen LogP contribution in [0.2, 0.25) is 0 Å². The first-order valence-electron chi connectivity index (χ1n) is 5.55. The molecule has 0 saturated carbocycles. The van der Waals surface area contributed by atoms with Crippen molar-refractivity contribution in [2.24, 2.45) is 0 Å². The van der Waals surface area contributed by atoms with E-state index in [9.17, 15) is 4.79 Å². The van der Waals surface area contributed by atoms with Crippen LogP contribution in [-0.2, 0) is 13.0 Å². The Bertz CT molecular complexity index is 502. The molecule has 2 aromatic rings. The van der Waals surface area contributed by atoms with Gasteiger partial charge in [-0.25, -0.2) is 4.98 Å². The highest BCUT2D eigenvalue weighted by Gasteiger charge is 2.11. The molecule has 2 N–H and O–H groups in total. The first-order chi connectivity index (χ1) is 8.20. The molecule has 0 aromatic carbocycles. The zero-order chi connectivity index (χ0) is 12.3. The molecular weight excluding hydrogens is 234 g/mol. The number of hydrogen-bond donors (Lipinski definition) is 2. The van der Waals surface area contributed by atoms with Gasteiger partial charge in [0.05, 0.1) is 23.4 Å². The van der Waals surface area contributed by atoms with E-state index < -0.39 is 0 Å². The quantitative estimate of drug-likeness (QED) is 0.873. The van der Waals surface area contributed by atoms with E-state index in [2.05, 4.69) is 22.2 Å². The van der Waals surface area contributed by atoms with Gasteiger partial charge in [-0.3, -0.25) is 4.79 Å². The lowest BCUT2D eigenvalue weighted by Gasteiger charge is -2.00. The largest absolute Gasteiger partial charge is 0.347 e. The predicted octanol–water partition coefficient (Wildman–Crippen LogP) is 2.27. The molecule has 0 aliphatic rings. The zero-order valence-electron chi connectivity index (χ0n) is 9.91. The number of imidazole rings is 1. The van der Waals surface area contributed by atoms with E-state index in [4.69, 9.17) is 0 Å². The molecular formula is C12H15N3OS. The fourth-order valence-corrected chi connectivity index (χ4v) is 2.66. The first kappa shape index (κ1) is 11.9. The minimum atomic E-state index is -0.0209. The third-order valence-electron chi connectivity index (χ3n) is 2.56. The second kappa shape index (κ2) is 5.14. The number of carbonyl (C=O) groups excluding carboxylic acids is 1. The van der Waals surface area contributed by atoms with Crippen molar-refractivity contribution in [1.82, 2.24) is 15.3 Å². The molecule has 0 radical (unpaired) electrons. The number of thiophene rings is 1. The van der Waals surface area contributed by atoms with Crippen LogP contribution < -0.4 is 5.32 Å². The summed E-state index contributed by atoms with van der Waals surface area (Å²) in [5.74, 6) is -0.0209. The van der Waals surface area contributed by atoms with Gasteiger partial charge >= 0.3 is 0 Å². The van der Waals surface area contributed by atoms with Crippen molar-refractivity contribution in [3.8, 4) is 0 Å². The first-order valence-corrected chi connectivity index (χ1v) is 6.37. The molecule has 2 heterocycles. The fraction of sp³-hybridized carbons (Fsp3) is 0.333. The lowest BCUT2D eigenvalue weighted by atomic mass is 10.2. The van der Waals surface area contributed by atoms with Crippen LogP contribution in [0.25, 0.3) is 0 Å². The summed E-state index contributed by atoms with van der Waals surface area (Å²) >= 11 is 1.57. The van der Waals surface area contributed by atoms with Gasteiger partial charge in [0.15, 0.2) is 0 Å². The molecule has 2 rings (SSSR count). The second-order valence-corrected chi connectivity index (χ2v) is 4.97. The number of amides is 1. The maximum absolute atomic E-state index is 11.9. The SMILES string of the molecule is CCc1sc(C(=O)NCc2cnc[nH]2)cc1C. The van der Waals surface area contributed by atoms with E-state index in [0.717, 1.165) is 17.0 Å². The van der Waals surface area contributed by atoms with Crippen LogP contribution in [0.1, 0.15) is 32.7 Å². The molecule has 2 aromatic heterocycles. The van der Waals surface area contributed by atoms with Gasteiger partial charge in [-0.2, -0.15) is 0 Å². The second-order valence-electron chi connectivity index (χ2n) is 3.83. The van der Waals surface area contributed by atoms with E-state index in [-0.39, 0.29) is 5.91 Å². The zero-order valence-corrected chi connectivity index (χ0v) is 10.7. The van der Waals surface area contributed by atoms with Crippen LogP contribution in [0.4, 0.5) is 0 Å². The smallest absolute Gasteiger partial charge is 0.261 e. The van der Waals surface area contributed by atoms with Crippen molar-refractivity contribution in [2.45, 2.75) is 26.8 Å². The molecule has 4 nitrogen and oxygen atoms in total. The highest BCUT2D eigenvalue weighted by Crippen LogP contribution is 2.22.